The van der Waals surface area contributed by atoms with Gasteiger partial charge in [0.25, 0.3) is 0 Å². The summed E-state index contributed by atoms with van der Waals surface area (Å²) in [6.07, 6.45) is 4.57. The topological polar surface area (TPSA) is 47.5 Å². The molecule has 1 N–H and O–H groups in total. The van der Waals surface area contributed by atoms with Crippen LogP contribution in [0.3, 0.4) is 0 Å². The zero-order valence-corrected chi connectivity index (χ0v) is 10.7. The van der Waals surface area contributed by atoms with Crippen LogP contribution in [0.4, 0.5) is 0 Å². The summed E-state index contributed by atoms with van der Waals surface area (Å²) in [5, 5.41) is 5.51. The van der Waals surface area contributed by atoms with Gasteiger partial charge in [0, 0.05) is 23.4 Å². The van der Waals surface area contributed by atoms with Gasteiger partial charge in [-0.3, -0.25) is 0 Å². The fourth-order valence-corrected chi connectivity index (χ4v) is 3.15. The molecule has 3 aromatic rings. The maximum atomic E-state index is 5.73. The predicted octanol–water partition coefficient (Wildman–Crippen LogP) is 3.26. The molecule has 0 aliphatic carbocycles. The Balaban J connectivity index is 2.13. The van der Waals surface area contributed by atoms with Crippen molar-refractivity contribution in [2.24, 2.45) is 0 Å². The van der Waals surface area contributed by atoms with Crippen molar-refractivity contribution in [2.75, 3.05) is 20.2 Å². The molecule has 0 radical (unpaired) electrons. The van der Waals surface area contributed by atoms with Gasteiger partial charge in [-0.05, 0) is 25.1 Å². The van der Waals surface area contributed by atoms with Crippen LogP contribution in [0.15, 0.2) is 33.5 Å². The maximum Gasteiger partial charge on any atom is 0.176 e. The van der Waals surface area contributed by atoms with E-state index in [1.807, 2.05) is 12.1 Å². The van der Waals surface area contributed by atoms with Gasteiger partial charge < -0.3 is 18.9 Å². The number of methoxy groups -OCH3 is 1. The van der Waals surface area contributed by atoms with Crippen molar-refractivity contribution in [1.82, 2.24) is 5.32 Å². The molecule has 0 amide bonds. The van der Waals surface area contributed by atoms with E-state index in [0.29, 0.717) is 5.92 Å². The lowest BCUT2D eigenvalue weighted by Gasteiger charge is -2.13. The van der Waals surface area contributed by atoms with Crippen LogP contribution in [0.25, 0.3) is 21.9 Å². The van der Waals surface area contributed by atoms with Crippen LogP contribution in [0, 0.1) is 0 Å². The van der Waals surface area contributed by atoms with Crippen molar-refractivity contribution in [3.8, 4) is 5.75 Å². The number of fused-ring (bicyclic) bond motifs is 2. The molecular formula is C15H15NO3. The fourth-order valence-electron chi connectivity index (χ4n) is 3.15. The van der Waals surface area contributed by atoms with Gasteiger partial charge in [0.2, 0.25) is 0 Å². The number of hydrogen-bond donors (Lipinski definition) is 1. The molecule has 1 aliphatic heterocycles. The third kappa shape index (κ3) is 1.43. The van der Waals surface area contributed by atoms with E-state index < -0.39 is 0 Å². The van der Waals surface area contributed by atoms with Gasteiger partial charge >= 0.3 is 0 Å². The van der Waals surface area contributed by atoms with E-state index in [-0.39, 0.29) is 0 Å². The van der Waals surface area contributed by atoms with Crippen molar-refractivity contribution in [3.05, 3.63) is 30.2 Å². The monoisotopic (exact) mass is 257 g/mol. The second-order valence-electron chi connectivity index (χ2n) is 4.96. The van der Waals surface area contributed by atoms with Crippen molar-refractivity contribution in [3.63, 3.8) is 0 Å². The molecule has 4 rings (SSSR count). The first-order valence-corrected chi connectivity index (χ1v) is 6.55. The summed E-state index contributed by atoms with van der Waals surface area (Å²) in [5.74, 6) is 1.23. The lowest BCUT2D eigenvalue weighted by atomic mass is 9.93. The first kappa shape index (κ1) is 10.9. The van der Waals surface area contributed by atoms with Gasteiger partial charge in [-0.25, -0.2) is 0 Å². The van der Waals surface area contributed by atoms with Gasteiger partial charge in [-0.1, -0.05) is 0 Å². The van der Waals surface area contributed by atoms with Crippen molar-refractivity contribution < 1.29 is 13.6 Å². The van der Waals surface area contributed by atoms with E-state index in [1.54, 1.807) is 19.6 Å². The Hall–Kier alpha value is -1.94. The first-order valence-electron chi connectivity index (χ1n) is 6.55. The highest BCUT2D eigenvalue weighted by Crippen LogP contribution is 2.43. The number of hydrogen-bond acceptors (Lipinski definition) is 4. The Bertz CT molecular complexity index is 683. The van der Waals surface area contributed by atoms with Crippen molar-refractivity contribution in [2.45, 2.75) is 12.3 Å². The SMILES string of the molecule is COc1c2ccoc2c(C2CCNC2)c2ccoc12. The molecule has 1 atom stereocenters. The Morgan fingerprint density at radius 3 is 2.68 bits per heavy atom. The number of benzene rings is 1. The average Bonchev–Trinajstić information content (AvgIpc) is 3.15. The first-order chi connectivity index (χ1) is 9.40. The standard InChI is InChI=1S/C15H15NO3/c1-17-14-11-4-7-18-13(11)12(9-2-5-16-8-9)10-3-6-19-15(10)14/h3-4,6-7,9,16H,2,5,8H2,1H3. The summed E-state index contributed by atoms with van der Waals surface area (Å²) in [5.41, 5.74) is 2.99. The smallest absolute Gasteiger partial charge is 0.176 e. The predicted molar refractivity (Wildman–Crippen MR) is 72.8 cm³/mol. The van der Waals surface area contributed by atoms with Crippen LogP contribution in [0.2, 0.25) is 0 Å². The normalized spacial score (nSPS) is 19.5. The molecule has 98 valence electrons. The molecule has 1 aliphatic rings. The molecule has 0 spiro atoms. The highest BCUT2D eigenvalue weighted by molar-refractivity contribution is 6.04. The van der Waals surface area contributed by atoms with Crippen LogP contribution in [-0.4, -0.2) is 20.2 Å². The van der Waals surface area contributed by atoms with Crippen LogP contribution in [0.5, 0.6) is 5.75 Å². The van der Waals surface area contributed by atoms with Crippen molar-refractivity contribution >= 4 is 21.9 Å². The van der Waals surface area contributed by atoms with E-state index in [9.17, 15) is 0 Å². The van der Waals surface area contributed by atoms with Gasteiger partial charge in [0.1, 0.15) is 5.58 Å². The molecule has 3 heterocycles. The Kier molecular flexibility index (Phi) is 2.32. The minimum atomic E-state index is 0.472. The van der Waals surface area contributed by atoms with Crippen LogP contribution < -0.4 is 10.1 Å². The van der Waals surface area contributed by atoms with E-state index in [2.05, 4.69) is 5.32 Å². The summed E-state index contributed by atoms with van der Waals surface area (Å²) in [7, 11) is 1.67. The fraction of sp³-hybridized carbons (Fsp3) is 0.333. The third-order valence-electron chi connectivity index (χ3n) is 3.99. The number of rotatable bonds is 2. The highest BCUT2D eigenvalue weighted by Gasteiger charge is 2.26. The number of ether oxygens (including phenoxy) is 1. The zero-order chi connectivity index (χ0) is 12.8. The quantitative estimate of drug-likeness (QED) is 0.765. The zero-order valence-electron chi connectivity index (χ0n) is 10.7. The average molecular weight is 257 g/mol. The number of furan rings is 2. The summed E-state index contributed by atoms with van der Waals surface area (Å²) >= 11 is 0. The molecule has 0 bridgehead atoms. The van der Waals surface area contributed by atoms with Crippen LogP contribution >= 0.6 is 0 Å². The third-order valence-corrected chi connectivity index (χ3v) is 3.99. The molecule has 1 aromatic carbocycles. The van der Waals surface area contributed by atoms with Gasteiger partial charge in [-0.2, -0.15) is 0 Å². The number of nitrogens with one attached hydrogen (secondary N) is 1. The Morgan fingerprint density at radius 2 is 1.95 bits per heavy atom. The maximum absolute atomic E-state index is 5.73. The molecule has 2 aromatic heterocycles. The molecular weight excluding hydrogens is 242 g/mol. The molecule has 1 fully saturated rings. The largest absolute Gasteiger partial charge is 0.492 e. The highest BCUT2D eigenvalue weighted by atomic mass is 16.5. The molecule has 1 unspecified atom stereocenters. The second-order valence-corrected chi connectivity index (χ2v) is 4.96. The van der Waals surface area contributed by atoms with Gasteiger partial charge in [0.15, 0.2) is 11.3 Å². The summed E-state index contributed by atoms with van der Waals surface area (Å²) in [6.45, 7) is 2.04. The van der Waals surface area contributed by atoms with Crippen LogP contribution in [0.1, 0.15) is 17.9 Å². The summed E-state index contributed by atoms with van der Waals surface area (Å²) < 4.78 is 16.9. The summed E-state index contributed by atoms with van der Waals surface area (Å²) in [6, 6.07) is 3.95. The van der Waals surface area contributed by atoms with E-state index in [0.717, 1.165) is 47.2 Å². The van der Waals surface area contributed by atoms with Crippen molar-refractivity contribution in [1.29, 1.82) is 0 Å². The van der Waals surface area contributed by atoms with Crippen LogP contribution in [-0.2, 0) is 0 Å². The minimum Gasteiger partial charge on any atom is -0.492 e. The molecule has 1 saturated heterocycles. The van der Waals surface area contributed by atoms with Gasteiger partial charge in [0.05, 0.1) is 25.0 Å². The van der Waals surface area contributed by atoms with E-state index in [1.165, 1.54) is 5.56 Å². The Morgan fingerprint density at radius 1 is 1.16 bits per heavy atom. The molecule has 4 nitrogen and oxygen atoms in total. The molecule has 19 heavy (non-hydrogen) atoms. The summed E-state index contributed by atoms with van der Waals surface area (Å²) in [4.78, 5) is 0. The lowest BCUT2D eigenvalue weighted by molar-refractivity contribution is 0.414. The lowest BCUT2D eigenvalue weighted by Crippen LogP contribution is -2.08. The van der Waals surface area contributed by atoms with E-state index >= 15 is 0 Å². The Labute approximate surface area is 110 Å². The van der Waals surface area contributed by atoms with E-state index in [4.69, 9.17) is 13.6 Å². The second kappa shape index (κ2) is 4.03. The molecule has 4 heteroatoms. The molecule has 0 saturated carbocycles. The minimum absolute atomic E-state index is 0.472. The van der Waals surface area contributed by atoms with Gasteiger partial charge in [-0.15, -0.1) is 0 Å².